The molecule has 3 aromatic rings. The molecule has 152 valence electrons. The molecule has 1 aromatic carbocycles. The van der Waals surface area contributed by atoms with Gasteiger partial charge in [-0.05, 0) is 31.0 Å². The van der Waals surface area contributed by atoms with Gasteiger partial charge in [-0.15, -0.1) is 0 Å². The summed E-state index contributed by atoms with van der Waals surface area (Å²) in [5.41, 5.74) is 1.09. The molecule has 0 spiro atoms. The molecule has 29 heavy (non-hydrogen) atoms. The summed E-state index contributed by atoms with van der Waals surface area (Å²) in [4.78, 5) is 12.4. The minimum Gasteiger partial charge on any atom is -0.308 e. The minimum absolute atomic E-state index is 0.151. The Hall–Kier alpha value is -2.45. The Kier molecular flexibility index (Phi) is 5.56. The zero-order valence-electron chi connectivity index (χ0n) is 15.2. The second-order valence-electron chi connectivity index (χ2n) is 6.87. The number of benzene rings is 1. The van der Waals surface area contributed by atoms with Gasteiger partial charge in [0.1, 0.15) is 12.2 Å². The van der Waals surface area contributed by atoms with Gasteiger partial charge in [-0.1, -0.05) is 29.3 Å². The number of anilines is 1. The highest BCUT2D eigenvalue weighted by molar-refractivity contribution is 6.35. The van der Waals surface area contributed by atoms with Crippen molar-refractivity contribution in [2.24, 2.45) is 0 Å². The number of nitrogens with zero attached hydrogens (tertiary/aromatic N) is 4. The molecule has 1 saturated carbocycles. The van der Waals surface area contributed by atoms with E-state index in [1.165, 1.54) is 10.7 Å². The molecular weight excluding hydrogens is 423 g/mol. The maximum absolute atomic E-state index is 13.0. The number of carbonyl (C=O) groups excluding carboxylic acids is 1. The Morgan fingerprint density at radius 2 is 1.93 bits per heavy atom. The van der Waals surface area contributed by atoms with Crippen molar-refractivity contribution in [3.8, 4) is 0 Å². The molecule has 0 aliphatic heterocycles. The van der Waals surface area contributed by atoms with Crippen molar-refractivity contribution in [3.05, 3.63) is 63.5 Å². The van der Waals surface area contributed by atoms with Gasteiger partial charge in [0.15, 0.2) is 5.82 Å². The number of nitrogens with one attached hydrogen (secondary N) is 1. The van der Waals surface area contributed by atoms with Crippen LogP contribution in [0.15, 0.2) is 36.5 Å². The first-order valence-corrected chi connectivity index (χ1v) is 9.78. The fourth-order valence-electron chi connectivity index (χ4n) is 3.07. The van der Waals surface area contributed by atoms with Crippen LogP contribution < -0.4 is 5.32 Å². The lowest BCUT2D eigenvalue weighted by molar-refractivity contribution is -0.117. The lowest BCUT2D eigenvalue weighted by Gasteiger charge is -2.08. The molecule has 1 amide bonds. The third kappa shape index (κ3) is 4.59. The van der Waals surface area contributed by atoms with Crippen molar-refractivity contribution < 1.29 is 13.6 Å². The van der Waals surface area contributed by atoms with Gasteiger partial charge in [-0.2, -0.15) is 10.2 Å². The molecule has 0 atom stereocenters. The maximum atomic E-state index is 13.0. The van der Waals surface area contributed by atoms with E-state index in [1.807, 2.05) is 0 Å². The monoisotopic (exact) mass is 439 g/mol. The van der Waals surface area contributed by atoms with Gasteiger partial charge in [0.2, 0.25) is 5.91 Å². The van der Waals surface area contributed by atoms with Crippen LogP contribution in [0.4, 0.5) is 14.6 Å². The van der Waals surface area contributed by atoms with Gasteiger partial charge in [-0.3, -0.25) is 14.2 Å². The smallest absolute Gasteiger partial charge is 0.282 e. The number of aromatic nitrogens is 4. The van der Waals surface area contributed by atoms with Crippen LogP contribution in [-0.4, -0.2) is 25.5 Å². The molecule has 2 aromatic heterocycles. The van der Waals surface area contributed by atoms with Crippen molar-refractivity contribution >= 4 is 34.9 Å². The van der Waals surface area contributed by atoms with E-state index in [9.17, 15) is 13.6 Å². The largest absolute Gasteiger partial charge is 0.308 e. The number of carbonyl (C=O) groups is 1. The molecule has 4 rings (SSSR count). The average molecular weight is 440 g/mol. The molecule has 0 saturated heterocycles. The quantitative estimate of drug-likeness (QED) is 0.569. The topological polar surface area (TPSA) is 64.7 Å². The van der Waals surface area contributed by atoms with E-state index in [4.69, 9.17) is 23.2 Å². The van der Waals surface area contributed by atoms with E-state index in [-0.39, 0.29) is 18.2 Å². The molecule has 0 bridgehead atoms. The first-order valence-electron chi connectivity index (χ1n) is 9.02. The van der Waals surface area contributed by atoms with Crippen LogP contribution in [0.5, 0.6) is 0 Å². The van der Waals surface area contributed by atoms with Gasteiger partial charge >= 0.3 is 0 Å². The van der Waals surface area contributed by atoms with Crippen LogP contribution in [0.3, 0.4) is 0 Å². The van der Waals surface area contributed by atoms with Crippen molar-refractivity contribution in [1.82, 2.24) is 19.6 Å². The molecule has 1 fully saturated rings. The van der Waals surface area contributed by atoms with E-state index < -0.39 is 12.3 Å². The highest BCUT2D eigenvalue weighted by Crippen LogP contribution is 2.41. The summed E-state index contributed by atoms with van der Waals surface area (Å²) in [5, 5.41) is 11.9. The zero-order chi connectivity index (χ0) is 20.5. The SMILES string of the molecule is O=C(Cn1nc(C(F)F)cc1C1CC1)Nc1ccn(Cc2c(Cl)cccc2Cl)n1. The van der Waals surface area contributed by atoms with Crippen LogP contribution in [0.1, 0.15) is 42.1 Å². The predicted octanol–water partition coefficient (Wildman–Crippen LogP) is 4.89. The van der Waals surface area contributed by atoms with E-state index in [1.54, 1.807) is 35.1 Å². The van der Waals surface area contributed by atoms with E-state index in [0.717, 1.165) is 18.4 Å². The Balaban J connectivity index is 1.42. The van der Waals surface area contributed by atoms with E-state index >= 15 is 0 Å². The minimum atomic E-state index is -2.66. The molecule has 1 N–H and O–H groups in total. The van der Waals surface area contributed by atoms with Crippen molar-refractivity contribution in [2.75, 3.05) is 5.32 Å². The molecule has 1 aliphatic carbocycles. The first kappa shape index (κ1) is 19.8. The first-order chi connectivity index (χ1) is 13.9. The fourth-order valence-corrected chi connectivity index (χ4v) is 3.59. The zero-order valence-corrected chi connectivity index (χ0v) is 16.7. The van der Waals surface area contributed by atoms with Gasteiger partial charge < -0.3 is 5.32 Å². The number of amides is 1. The third-order valence-corrected chi connectivity index (χ3v) is 5.34. The van der Waals surface area contributed by atoms with Gasteiger partial charge in [0.25, 0.3) is 6.43 Å². The summed E-state index contributed by atoms with van der Waals surface area (Å²) in [7, 11) is 0. The third-order valence-electron chi connectivity index (χ3n) is 4.63. The molecule has 6 nitrogen and oxygen atoms in total. The van der Waals surface area contributed by atoms with E-state index in [0.29, 0.717) is 28.1 Å². The average Bonchev–Trinajstić information content (AvgIpc) is 3.27. The predicted molar refractivity (Wildman–Crippen MR) is 106 cm³/mol. The van der Waals surface area contributed by atoms with Crippen LogP contribution >= 0.6 is 23.2 Å². The van der Waals surface area contributed by atoms with Crippen LogP contribution in [0.2, 0.25) is 10.0 Å². The summed E-state index contributed by atoms with van der Waals surface area (Å²) in [5.74, 6) is 0.145. The molecule has 2 heterocycles. The summed E-state index contributed by atoms with van der Waals surface area (Å²) in [6.45, 7) is 0.193. The number of alkyl halides is 2. The standard InChI is InChI=1S/C19H17Cl2F2N5O/c20-13-2-1-3-14(21)12(13)9-27-7-6-17(26-27)24-18(29)10-28-16(11-4-5-11)8-15(25-28)19(22)23/h1-3,6-8,11,19H,4-5,9-10H2,(H,24,26,29). The number of halogens is 4. The van der Waals surface area contributed by atoms with Gasteiger partial charge in [0, 0.05) is 39.5 Å². The second-order valence-corrected chi connectivity index (χ2v) is 7.69. The van der Waals surface area contributed by atoms with Crippen LogP contribution in [0.25, 0.3) is 0 Å². The van der Waals surface area contributed by atoms with E-state index in [2.05, 4.69) is 15.5 Å². The van der Waals surface area contributed by atoms with Crippen LogP contribution in [0, 0.1) is 0 Å². The van der Waals surface area contributed by atoms with Gasteiger partial charge in [-0.25, -0.2) is 8.78 Å². The number of hydrogen-bond acceptors (Lipinski definition) is 3. The Bertz CT molecular complexity index is 1020. The molecule has 0 radical (unpaired) electrons. The van der Waals surface area contributed by atoms with Gasteiger partial charge in [0.05, 0.1) is 6.54 Å². The molecular formula is C19H17Cl2F2N5O. The Labute approximate surface area is 175 Å². The normalized spacial score (nSPS) is 13.8. The second kappa shape index (κ2) is 8.12. The summed E-state index contributed by atoms with van der Waals surface area (Å²) in [6.07, 6.45) is 0.869. The highest BCUT2D eigenvalue weighted by Gasteiger charge is 2.30. The van der Waals surface area contributed by atoms with Crippen LogP contribution in [-0.2, 0) is 17.9 Å². The lowest BCUT2D eigenvalue weighted by atomic mass is 10.2. The molecule has 10 heteroatoms. The summed E-state index contributed by atoms with van der Waals surface area (Å²) >= 11 is 12.3. The molecule has 1 aliphatic rings. The Morgan fingerprint density at radius 1 is 1.21 bits per heavy atom. The molecule has 0 unspecified atom stereocenters. The summed E-state index contributed by atoms with van der Waals surface area (Å²) in [6, 6.07) is 8.26. The number of hydrogen-bond donors (Lipinski definition) is 1. The lowest BCUT2D eigenvalue weighted by Crippen LogP contribution is -2.21. The number of rotatable bonds is 7. The fraction of sp³-hybridized carbons (Fsp3) is 0.316. The highest BCUT2D eigenvalue weighted by atomic mass is 35.5. The van der Waals surface area contributed by atoms with Crippen molar-refractivity contribution in [2.45, 2.75) is 38.3 Å². The van der Waals surface area contributed by atoms with Crippen molar-refractivity contribution in [1.29, 1.82) is 0 Å². The maximum Gasteiger partial charge on any atom is 0.282 e. The summed E-state index contributed by atoms with van der Waals surface area (Å²) < 4.78 is 28.9. The van der Waals surface area contributed by atoms with Crippen molar-refractivity contribution in [3.63, 3.8) is 0 Å². The Morgan fingerprint density at radius 3 is 2.59 bits per heavy atom.